The lowest BCUT2D eigenvalue weighted by molar-refractivity contribution is 0.122. The second-order valence-corrected chi connectivity index (χ2v) is 7.30. The highest BCUT2D eigenvalue weighted by Gasteiger charge is 2.20. The predicted molar refractivity (Wildman–Crippen MR) is 77.7 cm³/mol. The summed E-state index contributed by atoms with van der Waals surface area (Å²) in [5.74, 6) is 0.761. The second kappa shape index (κ2) is 5.49. The molecule has 0 N–H and O–H groups in total. The van der Waals surface area contributed by atoms with Gasteiger partial charge in [-0.15, -0.1) is 11.3 Å². The van der Waals surface area contributed by atoms with Crippen LogP contribution in [0.25, 0.3) is 10.2 Å². The number of ether oxygens (including phenoxy) is 1. The summed E-state index contributed by atoms with van der Waals surface area (Å²) in [7, 11) is 4.08. The summed E-state index contributed by atoms with van der Waals surface area (Å²) in [4.78, 5) is 10.5. The van der Waals surface area contributed by atoms with Crippen LogP contribution >= 0.6 is 33.6 Å². The Labute approximate surface area is 125 Å². The van der Waals surface area contributed by atoms with Gasteiger partial charge in [-0.2, -0.15) is 4.98 Å². The molecule has 0 radical (unpaired) electrons. The van der Waals surface area contributed by atoms with Gasteiger partial charge in [0, 0.05) is 13.1 Å². The average molecular weight is 338 g/mol. The molecular formula is C10H9Cl2N3O2S2. The molecule has 1 atom stereocenters. The maximum atomic E-state index is 11.4. The Morgan fingerprint density at radius 2 is 2.11 bits per heavy atom. The van der Waals surface area contributed by atoms with Crippen molar-refractivity contribution in [2.45, 2.75) is 4.21 Å². The molecule has 0 amide bonds. The van der Waals surface area contributed by atoms with E-state index in [1.54, 1.807) is 6.07 Å². The van der Waals surface area contributed by atoms with Gasteiger partial charge in [-0.1, -0.05) is 0 Å². The van der Waals surface area contributed by atoms with E-state index in [-0.39, 0.29) is 5.28 Å². The fourth-order valence-corrected chi connectivity index (χ4v) is 4.09. The van der Waals surface area contributed by atoms with Crippen LogP contribution in [0.3, 0.4) is 0 Å². The zero-order valence-electron chi connectivity index (χ0n) is 9.64. The van der Waals surface area contributed by atoms with Crippen molar-refractivity contribution in [2.75, 3.05) is 31.2 Å². The van der Waals surface area contributed by atoms with E-state index in [2.05, 4.69) is 14.9 Å². The smallest absolute Gasteiger partial charge is 0.224 e. The van der Waals surface area contributed by atoms with Crippen molar-refractivity contribution >= 4 is 59.7 Å². The number of halogens is 2. The third-order valence-corrected chi connectivity index (χ3v) is 5.77. The first-order chi connectivity index (χ1) is 9.15. The maximum absolute atomic E-state index is 11.4. The van der Waals surface area contributed by atoms with Crippen LogP contribution in [0.4, 0.5) is 5.82 Å². The first-order valence-electron chi connectivity index (χ1n) is 5.53. The second-order valence-electron chi connectivity index (χ2n) is 3.92. The SMILES string of the molecule is O=S(Cl)c1cc2nc(Cl)nc(N3CCOCC3)c2s1. The van der Waals surface area contributed by atoms with E-state index in [4.69, 9.17) is 27.0 Å². The predicted octanol–water partition coefficient (Wildman–Crippen LogP) is 2.44. The van der Waals surface area contributed by atoms with Crippen molar-refractivity contribution in [1.82, 2.24) is 9.97 Å². The molecule has 0 aromatic carbocycles. The van der Waals surface area contributed by atoms with Gasteiger partial charge in [0.2, 0.25) is 5.28 Å². The Kier molecular flexibility index (Phi) is 3.91. The summed E-state index contributed by atoms with van der Waals surface area (Å²) < 4.78 is 18.1. The lowest BCUT2D eigenvalue weighted by Gasteiger charge is -2.28. The minimum atomic E-state index is -1.54. The van der Waals surface area contributed by atoms with Gasteiger partial charge in [-0.05, 0) is 28.3 Å². The number of thiophene rings is 1. The summed E-state index contributed by atoms with van der Waals surface area (Å²) in [5.41, 5.74) is 0.676. The number of anilines is 1. The number of morpholine rings is 1. The van der Waals surface area contributed by atoms with E-state index in [9.17, 15) is 4.21 Å². The van der Waals surface area contributed by atoms with Crippen molar-refractivity contribution in [3.05, 3.63) is 11.3 Å². The molecule has 1 aliphatic rings. The fourth-order valence-electron chi connectivity index (χ4n) is 1.93. The number of nitrogens with zero attached hydrogens (tertiary/aromatic N) is 3. The molecule has 0 saturated carbocycles. The van der Waals surface area contributed by atoms with Crippen LogP contribution in [0.2, 0.25) is 5.28 Å². The topological polar surface area (TPSA) is 55.3 Å². The van der Waals surface area contributed by atoms with Crippen molar-refractivity contribution in [3.8, 4) is 0 Å². The molecule has 1 aliphatic heterocycles. The first kappa shape index (κ1) is 13.5. The van der Waals surface area contributed by atoms with Gasteiger partial charge in [0.1, 0.15) is 4.21 Å². The third kappa shape index (κ3) is 2.71. The Hall–Kier alpha value is -0.470. The van der Waals surface area contributed by atoms with E-state index < -0.39 is 10.0 Å². The number of hydrogen-bond acceptors (Lipinski definition) is 6. The fraction of sp³-hybridized carbons (Fsp3) is 0.400. The van der Waals surface area contributed by atoms with Gasteiger partial charge in [0.25, 0.3) is 0 Å². The summed E-state index contributed by atoms with van der Waals surface area (Å²) in [6.07, 6.45) is 0. The Balaban J connectivity index is 2.13. The van der Waals surface area contributed by atoms with Crippen LogP contribution in [0.15, 0.2) is 10.3 Å². The highest BCUT2D eigenvalue weighted by molar-refractivity contribution is 8.09. The molecule has 0 aliphatic carbocycles. The molecule has 3 heterocycles. The van der Waals surface area contributed by atoms with Crippen molar-refractivity contribution in [2.24, 2.45) is 0 Å². The summed E-state index contributed by atoms with van der Waals surface area (Å²) in [6, 6.07) is 1.70. The van der Waals surface area contributed by atoms with E-state index >= 15 is 0 Å². The van der Waals surface area contributed by atoms with Gasteiger partial charge in [0.15, 0.2) is 15.8 Å². The van der Waals surface area contributed by atoms with Crippen molar-refractivity contribution < 1.29 is 8.95 Å². The maximum Gasteiger partial charge on any atom is 0.224 e. The zero-order valence-corrected chi connectivity index (χ0v) is 12.8. The standard InChI is InChI=1S/C10H9Cl2N3O2S2/c11-10-13-6-5-7(19(12)16)18-8(6)9(14-10)15-1-3-17-4-2-15/h5H,1-4H2. The molecule has 1 fully saturated rings. The Bertz CT molecular complexity index is 643. The summed E-state index contributed by atoms with van der Waals surface area (Å²) in [5, 5.41) is 0.179. The molecule has 9 heteroatoms. The summed E-state index contributed by atoms with van der Waals surface area (Å²) >= 11 is 7.28. The van der Waals surface area contributed by atoms with Crippen molar-refractivity contribution in [3.63, 3.8) is 0 Å². The van der Waals surface area contributed by atoms with Gasteiger partial charge < -0.3 is 9.64 Å². The van der Waals surface area contributed by atoms with Crippen LogP contribution in [0, 0.1) is 0 Å². The van der Waals surface area contributed by atoms with E-state index in [0.717, 1.165) is 23.6 Å². The van der Waals surface area contributed by atoms with Gasteiger partial charge >= 0.3 is 0 Å². The number of fused-ring (bicyclic) bond motifs is 1. The molecule has 0 spiro atoms. The monoisotopic (exact) mass is 337 g/mol. The van der Waals surface area contributed by atoms with Crippen LogP contribution < -0.4 is 4.90 Å². The summed E-state index contributed by atoms with van der Waals surface area (Å²) in [6.45, 7) is 2.81. The quantitative estimate of drug-likeness (QED) is 0.622. The van der Waals surface area contributed by atoms with Crippen LogP contribution in [-0.4, -0.2) is 40.5 Å². The molecule has 5 nitrogen and oxygen atoms in total. The minimum absolute atomic E-state index is 0.179. The molecule has 2 aromatic rings. The lowest BCUT2D eigenvalue weighted by Crippen LogP contribution is -2.36. The number of aromatic nitrogens is 2. The Morgan fingerprint density at radius 1 is 1.37 bits per heavy atom. The molecule has 2 aromatic heterocycles. The third-order valence-electron chi connectivity index (χ3n) is 2.77. The van der Waals surface area contributed by atoms with Gasteiger partial charge in [-0.25, -0.2) is 9.19 Å². The molecule has 102 valence electrons. The number of rotatable bonds is 2. The van der Waals surface area contributed by atoms with E-state index in [0.29, 0.717) is 22.9 Å². The van der Waals surface area contributed by atoms with Crippen LogP contribution in [0.1, 0.15) is 0 Å². The van der Waals surface area contributed by atoms with Crippen LogP contribution in [0.5, 0.6) is 0 Å². The molecule has 1 saturated heterocycles. The highest BCUT2D eigenvalue weighted by Crippen LogP contribution is 2.35. The van der Waals surface area contributed by atoms with Crippen molar-refractivity contribution in [1.29, 1.82) is 0 Å². The molecule has 3 rings (SSSR count). The first-order valence-corrected chi connectivity index (χ1v) is 8.70. The molecule has 0 bridgehead atoms. The minimum Gasteiger partial charge on any atom is -0.378 e. The van der Waals surface area contributed by atoms with Gasteiger partial charge in [0.05, 0.1) is 23.4 Å². The van der Waals surface area contributed by atoms with Gasteiger partial charge in [-0.3, -0.25) is 0 Å². The van der Waals surface area contributed by atoms with Crippen LogP contribution in [-0.2, 0) is 14.7 Å². The zero-order chi connectivity index (χ0) is 13.4. The van der Waals surface area contributed by atoms with E-state index in [1.807, 2.05) is 0 Å². The number of hydrogen-bond donors (Lipinski definition) is 0. The Morgan fingerprint density at radius 3 is 2.79 bits per heavy atom. The molecule has 19 heavy (non-hydrogen) atoms. The highest BCUT2D eigenvalue weighted by atomic mass is 35.7. The van der Waals surface area contributed by atoms with E-state index in [1.165, 1.54) is 11.3 Å². The molecular weight excluding hydrogens is 329 g/mol. The normalized spacial score (nSPS) is 17.9. The molecule has 1 unspecified atom stereocenters. The lowest BCUT2D eigenvalue weighted by atomic mass is 10.3. The average Bonchev–Trinajstić information content (AvgIpc) is 2.82. The largest absolute Gasteiger partial charge is 0.378 e.